The highest BCUT2D eigenvalue weighted by molar-refractivity contribution is 5.17. The van der Waals surface area contributed by atoms with Crippen molar-refractivity contribution < 1.29 is 0 Å². The third-order valence-electron chi connectivity index (χ3n) is 2.05. The van der Waals surface area contributed by atoms with Crippen LogP contribution in [0.3, 0.4) is 0 Å². The second-order valence-corrected chi connectivity index (χ2v) is 3.27. The second kappa shape index (κ2) is 4.23. The minimum absolute atomic E-state index is 0.220. The molecule has 1 atom stereocenters. The summed E-state index contributed by atoms with van der Waals surface area (Å²) in [5, 5.41) is 3.36. The number of aryl methyl sites for hydroxylation is 1. The molecular formula is C10H17N3. The van der Waals surface area contributed by atoms with Gasteiger partial charge in [0.05, 0.1) is 24.3 Å². The average Bonchev–Trinajstić information content (AvgIpc) is 2.47. The minimum atomic E-state index is 0.220. The van der Waals surface area contributed by atoms with Crippen molar-refractivity contribution in [1.29, 1.82) is 0 Å². The van der Waals surface area contributed by atoms with Crippen LogP contribution in [0.15, 0.2) is 24.7 Å². The lowest BCUT2D eigenvalue weighted by molar-refractivity contribution is 0.585. The summed E-state index contributed by atoms with van der Waals surface area (Å²) >= 11 is 0. The lowest BCUT2D eigenvalue weighted by Gasteiger charge is -2.18. The van der Waals surface area contributed by atoms with Gasteiger partial charge in [-0.15, -0.1) is 0 Å². The Morgan fingerprint density at radius 3 is 2.85 bits per heavy atom. The Hall–Kier alpha value is -1.09. The molecule has 1 unspecified atom stereocenters. The smallest absolute Gasteiger partial charge is 0.0946 e. The number of hydrogen-bond acceptors (Lipinski definition) is 2. The summed E-state index contributed by atoms with van der Waals surface area (Å²) in [7, 11) is 2.00. The van der Waals surface area contributed by atoms with Crippen LogP contribution in [0.2, 0.25) is 0 Å². The Balaban J connectivity index is 2.88. The summed E-state index contributed by atoms with van der Waals surface area (Å²) in [5.74, 6) is 0. The van der Waals surface area contributed by atoms with E-state index in [4.69, 9.17) is 0 Å². The van der Waals surface area contributed by atoms with Gasteiger partial charge in [0, 0.05) is 7.05 Å². The molecule has 13 heavy (non-hydrogen) atoms. The Labute approximate surface area is 79.5 Å². The third-order valence-corrected chi connectivity index (χ3v) is 2.05. The van der Waals surface area contributed by atoms with E-state index in [9.17, 15) is 0 Å². The molecule has 1 aromatic heterocycles. The molecule has 0 aliphatic heterocycles. The number of rotatable bonds is 4. The lowest BCUT2D eigenvalue weighted by atomic mass is 10.1. The van der Waals surface area contributed by atoms with Crippen molar-refractivity contribution in [2.75, 3.05) is 6.54 Å². The van der Waals surface area contributed by atoms with E-state index >= 15 is 0 Å². The zero-order valence-electron chi connectivity index (χ0n) is 8.54. The van der Waals surface area contributed by atoms with Crippen LogP contribution in [0.1, 0.15) is 25.6 Å². The van der Waals surface area contributed by atoms with E-state index in [1.54, 1.807) is 0 Å². The molecule has 3 heteroatoms. The van der Waals surface area contributed by atoms with Crippen molar-refractivity contribution in [2.45, 2.75) is 19.9 Å². The van der Waals surface area contributed by atoms with E-state index in [2.05, 4.69) is 23.8 Å². The molecule has 1 rings (SSSR count). The molecular weight excluding hydrogens is 162 g/mol. The molecule has 1 aromatic rings. The maximum absolute atomic E-state index is 4.09. The lowest BCUT2D eigenvalue weighted by Crippen LogP contribution is -2.23. The summed E-state index contributed by atoms with van der Waals surface area (Å²) in [6.07, 6.45) is 3.69. The predicted molar refractivity (Wildman–Crippen MR) is 54.4 cm³/mol. The molecule has 0 aliphatic carbocycles. The van der Waals surface area contributed by atoms with Crippen molar-refractivity contribution in [3.8, 4) is 0 Å². The summed E-state index contributed by atoms with van der Waals surface area (Å²) in [6, 6.07) is 0.220. The highest BCUT2D eigenvalue weighted by Crippen LogP contribution is 2.18. The zero-order chi connectivity index (χ0) is 9.84. The van der Waals surface area contributed by atoms with E-state index in [1.165, 1.54) is 0 Å². The molecule has 0 aromatic carbocycles. The van der Waals surface area contributed by atoms with E-state index in [0.717, 1.165) is 17.8 Å². The molecule has 0 radical (unpaired) electrons. The second-order valence-electron chi connectivity index (χ2n) is 3.27. The maximum Gasteiger partial charge on any atom is 0.0946 e. The molecule has 3 nitrogen and oxygen atoms in total. The molecule has 1 N–H and O–H groups in total. The van der Waals surface area contributed by atoms with Gasteiger partial charge in [0.2, 0.25) is 0 Å². The summed E-state index contributed by atoms with van der Waals surface area (Å²) in [4.78, 5) is 4.09. The number of likely N-dealkylation sites (N-methyl/N-ethyl adjacent to an activating group) is 1. The van der Waals surface area contributed by atoms with E-state index in [-0.39, 0.29) is 6.04 Å². The van der Waals surface area contributed by atoms with E-state index in [1.807, 2.05) is 31.1 Å². The molecule has 0 bridgehead atoms. The van der Waals surface area contributed by atoms with Gasteiger partial charge in [-0.1, -0.05) is 19.1 Å². The fraction of sp³-hybridized carbons (Fsp3) is 0.500. The van der Waals surface area contributed by atoms with Crippen LogP contribution < -0.4 is 5.32 Å². The number of imidazole rings is 1. The Kier molecular flexibility index (Phi) is 3.25. The Morgan fingerprint density at radius 1 is 1.77 bits per heavy atom. The fourth-order valence-corrected chi connectivity index (χ4v) is 1.38. The van der Waals surface area contributed by atoms with Crippen molar-refractivity contribution in [1.82, 2.24) is 14.9 Å². The predicted octanol–water partition coefficient (Wildman–Crippen LogP) is 1.65. The fourth-order valence-electron chi connectivity index (χ4n) is 1.38. The molecule has 0 saturated carbocycles. The molecule has 0 saturated heterocycles. The van der Waals surface area contributed by atoms with Crippen molar-refractivity contribution >= 4 is 0 Å². The minimum Gasteiger partial charge on any atom is -0.336 e. The number of nitrogens with one attached hydrogen (secondary N) is 1. The standard InChI is InChI=1S/C10H17N3/c1-5-12-10(8(2)3)9-6-11-7-13(9)4/h6-7,10,12H,2,5H2,1,3-4H3. The molecule has 72 valence electrons. The van der Waals surface area contributed by atoms with Crippen molar-refractivity contribution in [2.24, 2.45) is 7.05 Å². The van der Waals surface area contributed by atoms with Crippen LogP contribution in [0.5, 0.6) is 0 Å². The summed E-state index contributed by atoms with van der Waals surface area (Å²) in [6.45, 7) is 9.02. The first-order chi connectivity index (χ1) is 6.16. The Morgan fingerprint density at radius 2 is 2.46 bits per heavy atom. The van der Waals surface area contributed by atoms with Gasteiger partial charge in [-0.2, -0.15) is 0 Å². The topological polar surface area (TPSA) is 29.9 Å². The van der Waals surface area contributed by atoms with Gasteiger partial charge in [-0.05, 0) is 13.5 Å². The first kappa shape index (κ1) is 9.99. The molecule has 0 amide bonds. The summed E-state index contributed by atoms with van der Waals surface area (Å²) < 4.78 is 2.02. The van der Waals surface area contributed by atoms with Crippen LogP contribution >= 0.6 is 0 Å². The summed E-state index contributed by atoms with van der Waals surface area (Å²) in [5.41, 5.74) is 2.28. The third kappa shape index (κ3) is 2.18. The monoisotopic (exact) mass is 179 g/mol. The highest BCUT2D eigenvalue weighted by Gasteiger charge is 2.13. The van der Waals surface area contributed by atoms with Crippen LogP contribution in [-0.2, 0) is 7.05 Å². The first-order valence-corrected chi connectivity index (χ1v) is 4.51. The SMILES string of the molecule is C=C(C)C(NCC)c1cncn1C. The molecule has 0 spiro atoms. The number of nitrogens with zero attached hydrogens (tertiary/aromatic N) is 2. The molecule has 0 aliphatic rings. The van der Waals surface area contributed by atoms with Crippen molar-refractivity contribution in [3.63, 3.8) is 0 Å². The van der Waals surface area contributed by atoms with E-state index < -0.39 is 0 Å². The van der Waals surface area contributed by atoms with Gasteiger partial charge in [-0.3, -0.25) is 0 Å². The van der Waals surface area contributed by atoms with E-state index in [0.29, 0.717) is 0 Å². The normalized spacial score (nSPS) is 12.8. The van der Waals surface area contributed by atoms with Crippen molar-refractivity contribution in [3.05, 3.63) is 30.4 Å². The van der Waals surface area contributed by atoms with Crippen LogP contribution in [0, 0.1) is 0 Å². The van der Waals surface area contributed by atoms with Gasteiger partial charge >= 0.3 is 0 Å². The van der Waals surface area contributed by atoms with Crippen LogP contribution in [0.25, 0.3) is 0 Å². The average molecular weight is 179 g/mol. The largest absolute Gasteiger partial charge is 0.336 e. The zero-order valence-corrected chi connectivity index (χ0v) is 8.54. The van der Waals surface area contributed by atoms with Crippen LogP contribution in [-0.4, -0.2) is 16.1 Å². The van der Waals surface area contributed by atoms with Gasteiger partial charge < -0.3 is 9.88 Å². The number of hydrogen-bond donors (Lipinski definition) is 1. The quantitative estimate of drug-likeness (QED) is 0.712. The number of aromatic nitrogens is 2. The van der Waals surface area contributed by atoms with Crippen LogP contribution in [0.4, 0.5) is 0 Å². The molecule has 0 fully saturated rings. The van der Waals surface area contributed by atoms with Gasteiger partial charge in [0.1, 0.15) is 0 Å². The van der Waals surface area contributed by atoms with Gasteiger partial charge in [0.25, 0.3) is 0 Å². The van der Waals surface area contributed by atoms with Gasteiger partial charge in [-0.25, -0.2) is 4.98 Å². The maximum atomic E-state index is 4.09. The first-order valence-electron chi connectivity index (χ1n) is 4.51. The molecule has 1 heterocycles. The highest BCUT2D eigenvalue weighted by atomic mass is 15.1. The Bertz CT molecular complexity index is 288. The van der Waals surface area contributed by atoms with Gasteiger partial charge in [0.15, 0.2) is 0 Å².